The summed E-state index contributed by atoms with van der Waals surface area (Å²) in [6.45, 7) is 5.56. The minimum absolute atomic E-state index is 0.00876. The largest absolute Gasteiger partial charge is 0.497 e. The summed E-state index contributed by atoms with van der Waals surface area (Å²) in [5, 5.41) is 11.9. The fraction of sp³-hybridized carbons (Fsp3) is 0.556. The van der Waals surface area contributed by atoms with Crippen LogP contribution in [0, 0.1) is 5.92 Å². The van der Waals surface area contributed by atoms with Crippen molar-refractivity contribution in [1.82, 2.24) is 5.32 Å². The fourth-order valence-electron chi connectivity index (χ4n) is 2.36. The summed E-state index contributed by atoms with van der Waals surface area (Å²) in [6.07, 6.45) is 0.669. The minimum atomic E-state index is -0.927. The molecule has 0 radical (unpaired) electrons. The zero-order valence-electron chi connectivity index (χ0n) is 15.0. The van der Waals surface area contributed by atoms with Gasteiger partial charge in [-0.25, -0.2) is 0 Å². The second-order valence-corrected chi connectivity index (χ2v) is 6.41. The van der Waals surface area contributed by atoms with Gasteiger partial charge in [-0.15, -0.1) is 0 Å². The summed E-state index contributed by atoms with van der Waals surface area (Å²) in [7, 11) is 3.15. The molecule has 0 aliphatic heterocycles. The smallest absolute Gasteiger partial charge is 0.305 e. The molecule has 1 atom stereocenters. The molecule has 1 amide bonds. The number of carboxylic acid groups (broad SMARTS) is 1. The van der Waals surface area contributed by atoms with E-state index in [4.69, 9.17) is 14.6 Å². The standard InChI is InChI=1S/C18H27NO5/c1-12(2)18(3,11-17(21)22)19-16(20)7-6-13-8-14(23-4)10-15(9-13)24-5/h8-10,12H,6-7,11H2,1-5H3,(H,19,20)(H,21,22). The van der Waals surface area contributed by atoms with Crippen LogP contribution in [0.2, 0.25) is 0 Å². The number of carboxylic acids is 1. The Bertz CT molecular complexity index is 563. The van der Waals surface area contributed by atoms with Crippen LogP contribution < -0.4 is 14.8 Å². The first-order chi connectivity index (χ1) is 11.2. The number of methoxy groups -OCH3 is 2. The lowest BCUT2D eigenvalue weighted by Crippen LogP contribution is -2.51. The molecule has 0 fully saturated rings. The van der Waals surface area contributed by atoms with Crippen LogP contribution in [0.5, 0.6) is 11.5 Å². The molecule has 0 aliphatic carbocycles. The summed E-state index contributed by atoms with van der Waals surface area (Å²) >= 11 is 0. The summed E-state index contributed by atoms with van der Waals surface area (Å²) in [5.41, 5.74) is 0.153. The van der Waals surface area contributed by atoms with Crippen LogP contribution in [0.15, 0.2) is 18.2 Å². The number of nitrogens with one attached hydrogen (secondary N) is 1. The molecule has 134 valence electrons. The van der Waals surface area contributed by atoms with Crippen molar-refractivity contribution in [2.75, 3.05) is 14.2 Å². The van der Waals surface area contributed by atoms with E-state index in [9.17, 15) is 9.59 Å². The molecule has 1 rings (SSSR count). The van der Waals surface area contributed by atoms with Gasteiger partial charge in [0, 0.05) is 18.0 Å². The third kappa shape index (κ3) is 5.76. The number of hydrogen-bond acceptors (Lipinski definition) is 4. The van der Waals surface area contributed by atoms with Crippen LogP contribution in [0.1, 0.15) is 39.2 Å². The highest BCUT2D eigenvalue weighted by molar-refractivity contribution is 5.78. The number of carbonyl (C=O) groups is 2. The van der Waals surface area contributed by atoms with Gasteiger partial charge in [-0.3, -0.25) is 9.59 Å². The van der Waals surface area contributed by atoms with Gasteiger partial charge in [-0.1, -0.05) is 13.8 Å². The number of hydrogen-bond donors (Lipinski definition) is 2. The second kappa shape index (κ2) is 8.57. The highest BCUT2D eigenvalue weighted by atomic mass is 16.5. The number of benzene rings is 1. The first-order valence-corrected chi connectivity index (χ1v) is 7.95. The predicted octanol–water partition coefficient (Wildman–Crippen LogP) is 2.64. The van der Waals surface area contributed by atoms with Gasteiger partial charge in [-0.2, -0.15) is 0 Å². The van der Waals surface area contributed by atoms with Crippen LogP contribution in [-0.4, -0.2) is 36.7 Å². The van der Waals surface area contributed by atoms with Gasteiger partial charge in [0.1, 0.15) is 11.5 Å². The average molecular weight is 337 g/mol. The lowest BCUT2D eigenvalue weighted by Gasteiger charge is -2.33. The molecule has 0 aliphatic rings. The third-order valence-corrected chi connectivity index (χ3v) is 4.27. The van der Waals surface area contributed by atoms with Crippen LogP contribution in [-0.2, 0) is 16.0 Å². The van der Waals surface area contributed by atoms with Crippen molar-refractivity contribution < 1.29 is 24.2 Å². The summed E-state index contributed by atoms with van der Waals surface area (Å²) in [6, 6.07) is 5.48. The molecule has 1 aromatic rings. The Morgan fingerprint density at radius 2 is 1.71 bits per heavy atom. The Kier molecular flexibility index (Phi) is 7.07. The van der Waals surface area contributed by atoms with E-state index in [1.54, 1.807) is 27.2 Å². The molecule has 0 aromatic heterocycles. The number of carbonyl (C=O) groups excluding carboxylic acids is 1. The summed E-state index contributed by atoms with van der Waals surface area (Å²) < 4.78 is 10.4. The zero-order chi connectivity index (χ0) is 18.3. The Morgan fingerprint density at radius 3 is 2.12 bits per heavy atom. The molecular weight excluding hydrogens is 310 g/mol. The van der Waals surface area contributed by atoms with E-state index in [0.717, 1.165) is 5.56 Å². The van der Waals surface area contributed by atoms with Crippen molar-refractivity contribution in [3.8, 4) is 11.5 Å². The highest BCUT2D eigenvalue weighted by Gasteiger charge is 2.32. The molecule has 1 unspecified atom stereocenters. The van der Waals surface area contributed by atoms with Gasteiger partial charge in [0.2, 0.25) is 5.91 Å². The zero-order valence-corrected chi connectivity index (χ0v) is 15.0. The summed E-state index contributed by atoms with van der Waals surface area (Å²) in [5.74, 6) is 0.248. The van der Waals surface area contributed by atoms with E-state index in [-0.39, 0.29) is 24.7 Å². The van der Waals surface area contributed by atoms with E-state index < -0.39 is 11.5 Å². The molecule has 6 heteroatoms. The molecule has 0 heterocycles. The Morgan fingerprint density at radius 1 is 1.17 bits per heavy atom. The molecule has 24 heavy (non-hydrogen) atoms. The maximum atomic E-state index is 12.3. The van der Waals surface area contributed by atoms with E-state index >= 15 is 0 Å². The highest BCUT2D eigenvalue weighted by Crippen LogP contribution is 2.24. The van der Waals surface area contributed by atoms with Crippen LogP contribution in [0.25, 0.3) is 0 Å². The number of rotatable bonds is 9. The van der Waals surface area contributed by atoms with Gasteiger partial charge < -0.3 is 19.9 Å². The van der Waals surface area contributed by atoms with Crippen molar-refractivity contribution in [3.05, 3.63) is 23.8 Å². The molecule has 0 spiro atoms. The van der Waals surface area contributed by atoms with Crippen molar-refractivity contribution in [3.63, 3.8) is 0 Å². The van der Waals surface area contributed by atoms with Crippen molar-refractivity contribution in [2.24, 2.45) is 5.92 Å². The molecular formula is C18H27NO5. The third-order valence-electron chi connectivity index (χ3n) is 4.27. The number of aryl methyl sites for hydroxylation is 1. The predicted molar refractivity (Wildman–Crippen MR) is 91.5 cm³/mol. The molecule has 0 bridgehead atoms. The lowest BCUT2D eigenvalue weighted by molar-refractivity contribution is -0.139. The Balaban J connectivity index is 2.73. The van der Waals surface area contributed by atoms with E-state index in [2.05, 4.69) is 5.32 Å². The maximum Gasteiger partial charge on any atom is 0.305 e. The lowest BCUT2D eigenvalue weighted by atomic mass is 9.85. The second-order valence-electron chi connectivity index (χ2n) is 6.41. The van der Waals surface area contributed by atoms with Gasteiger partial charge in [0.05, 0.1) is 20.6 Å². The van der Waals surface area contributed by atoms with Gasteiger partial charge in [-0.05, 0) is 37.0 Å². The van der Waals surface area contributed by atoms with E-state index in [1.807, 2.05) is 26.0 Å². The molecule has 0 saturated heterocycles. The quantitative estimate of drug-likeness (QED) is 0.723. The van der Waals surface area contributed by atoms with Gasteiger partial charge >= 0.3 is 5.97 Å². The van der Waals surface area contributed by atoms with Gasteiger partial charge in [0.15, 0.2) is 0 Å². The SMILES string of the molecule is COc1cc(CCC(=O)NC(C)(CC(=O)O)C(C)C)cc(OC)c1. The van der Waals surface area contributed by atoms with E-state index in [1.165, 1.54) is 0 Å². The van der Waals surface area contributed by atoms with E-state index in [0.29, 0.717) is 17.9 Å². The minimum Gasteiger partial charge on any atom is -0.497 e. The molecule has 6 nitrogen and oxygen atoms in total. The topological polar surface area (TPSA) is 84.9 Å². The van der Waals surface area contributed by atoms with Crippen molar-refractivity contribution in [2.45, 2.75) is 45.6 Å². The molecule has 2 N–H and O–H groups in total. The maximum absolute atomic E-state index is 12.3. The van der Waals surface area contributed by atoms with Crippen molar-refractivity contribution >= 4 is 11.9 Å². The number of aliphatic carboxylic acids is 1. The number of amides is 1. The summed E-state index contributed by atoms with van der Waals surface area (Å²) in [4.78, 5) is 23.3. The first kappa shape index (κ1) is 19.8. The first-order valence-electron chi connectivity index (χ1n) is 7.95. The molecule has 1 aromatic carbocycles. The Labute approximate surface area is 143 Å². The van der Waals surface area contributed by atoms with Crippen LogP contribution >= 0.6 is 0 Å². The average Bonchev–Trinajstić information content (AvgIpc) is 2.51. The molecule has 0 saturated carbocycles. The van der Waals surface area contributed by atoms with Crippen LogP contribution in [0.4, 0.5) is 0 Å². The van der Waals surface area contributed by atoms with Gasteiger partial charge in [0.25, 0.3) is 0 Å². The number of ether oxygens (including phenoxy) is 2. The normalized spacial score (nSPS) is 13.2. The van der Waals surface area contributed by atoms with Crippen LogP contribution in [0.3, 0.4) is 0 Å². The monoisotopic (exact) mass is 337 g/mol. The Hall–Kier alpha value is -2.24. The van der Waals surface area contributed by atoms with Crippen molar-refractivity contribution in [1.29, 1.82) is 0 Å². The fourth-order valence-corrected chi connectivity index (χ4v) is 2.36.